The molecule has 3 N–H and O–H groups in total. The normalized spacial score (nSPS) is 9.65. The number of rotatable bonds is 4. The Kier molecular flexibility index (Phi) is 4.15. The Balaban J connectivity index is 2.52. The van der Waals surface area contributed by atoms with Crippen LogP contribution in [0.25, 0.3) is 0 Å². The Hall–Kier alpha value is -2.44. The van der Waals surface area contributed by atoms with Crippen molar-refractivity contribution < 1.29 is 14.5 Å². The van der Waals surface area contributed by atoms with Crippen molar-refractivity contribution >= 4 is 17.5 Å². The first-order valence-corrected chi connectivity index (χ1v) is 4.81. The van der Waals surface area contributed by atoms with Gasteiger partial charge in [-0.1, -0.05) is 12.1 Å². The van der Waals surface area contributed by atoms with Crippen LogP contribution in [-0.2, 0) is 16.0 Å². The lowest BCUT2D eigenvalue weighted by Gasteiger charge is -2.02. The Morgan fingerprint density at radius 2 is 2.12 bits per heavy atom. The summed E-state index contributed by atoms with van der Waals surface area (Å²) in [6, 6.07) is 6.05. The van der Waals surface area contributed by atoms with Gasteiger partial charge in [-0.3, -0.25) is 19.7 Å². The lowest BCUT2D eigenvalue weighted by Crippen LogP contribution is -2.37. The van der Waals surface area contributed by atoms with E-state index in [1.165, 1.54) is 12.1 Å². The highest BCUT2D eigenvalue weighted by Crippen LogP contribution is 2.12. The maximum atomic E-state index is 10.8. The number of hydrogen-bond donors (Lipinski definition) is 2. The van der Waals surface area contributed by atoms with Gasteiger partial charge in [-0.05, 0) is 12.0 Å². The minimum atomic E-state index is -1.05. The van der Waals surface area contributed by atoms with Gasteiger partial charge in [0.2, 0.25) is 0 Å². The molecule has 0 fully saturated rings. The van der Waals surface area contributed by atoms with Crippen molar-refractivity contribution in [2.75, 3.05) is 6.54 Å². The molecule has 1 aromatic rings. The molecule has 0 aliphatic rings. The molecule has 0 spiro atoms. The van der Waals surface area contributed by atoms with Crippen LogP contribution in [-0.4, -0.2) is 23.3 Å². The van der Waals surface area contributed by atoms with Crippen LogP contribution in [0.15, 0.2) is 24.3 Å². The summed E-state index contributed by atoms with van der Waals surface area (Å²) in [5.41, 5.74) is 5.43. The number of benzene rings is 1. The third-order valence-electron chi connectivity index (χ3n) is 2.04. The fourth-order valence-corrected chi connectivity index (χ4v) is 1.23. The number of nitrogens with zero attached hydrogens (tertiary/aromatic N) is 1. The highest BCUT2D eigenvalue weighted by molar-refractivity contribution is 6.34. The van der Waals surface area contributed by atoms with Gasteiger partial charge in [0.1, 0.15) is 0 Å². The van der Waals surface area contributed by atoms with Crippen LogP contribution in [0.5, 0.6) is 0 Å². The molecular weight excluding hydrogens is 226 g/mol. The predicted octanol–water partition coefficient (Wildman–Crippen LogP) is -0.261. The molecule has 1 rings (SSSR count). The van der Waals surface area contributed by atoms with Crippen molar-refractivity contribution in [2.45, 2.75) is 6.42 Å². The summed E-state index contributed by atoms with van der Waals surface area (Å²) in [6.07, 6.45) is 0.390. The van der Waals surface area contributed by atoms with E-state index < -0.39 is 16.7 Å². The van der Waals surface area contributed by atoms with Gasteiger partial charge < -0.3 is 11.1 Å². The van der Waals surface area contributed by atoms with Crippen molar-refractivity contribution in [1.29, 1.82) is 0 Å². The number of nitro benzene ring substituents is 1. The lowest BCUT2D eigenvalue weighted by molar-refractivity contribution is -0.384. The third-order valence-corrected chi connectivity index (χ3v) is 2.04. The molecule has 0 saturated heterocycles. The lowest BCUT2D eigenvalue weighted by atomic mass is 10.1. The number of nitrogens with two attached hydrogens (primary N) is 1. The number of nitrogens with one attached hydrogen (secondary N) is 1. The minimum Gasteiger partial charge on any atom is -0.361 e. The van der Waals surface area contributed by atoms with E-state index in [4.69, 9.17) is 5.73 Å². The van der Waals surface area contributed by atoms with Crippen LogP contribution in [0.3, 0.4) is 0 Å². The number of carbonyl (C=O) groups is 2. The number of carbonyl (C=O) groups excluding carboxylic acids is 2. The summed E-state index contributed by atoms with van der Waals surface area (Å²) in [7, 11) is 0. The molecular formula is C10H11N3O4. The van der Waals surface area contributed by atoms with Crippen LogP contribution in [0, 0.1) is 10.1 Å². The first-order valence-electron chi connectivity index (χ1n) is 4.81. The zero-order chi connectivity index (χ0) is 12.8. The molecule has 7 heteroatoms. The van der Waals surface area contributed by atoms with E-state index in [-0.39, 0.29) is 12.2 Å². The molecule has 0 unspecified atom stereocenters. The fraction of sp³-hybridized carbons (Fsp3) is 0.200. The van der Waals surface area contributed by atoms with Crippen molar-refractivity contribution in [3.63, 3.8) is 0 Å². The molecule has 0 heterocycles. The number of nitro groups is 1. The van der Waals surface area contributed by atoms with Crippen molar-refractivity contribution in [2.24, 2.45) is 5.73 Å². The Morgan fingerprint density at radius 1 is 1.41 bits per heavy atom. The summed E-state index contributed by atoms with van der Waals surface area (Å²) in [5, 5.41) is 12.8. The van der Waals surface area contributed by atoms with Crippen LogP contribution in [0.4, 0.5) is 5.69 Å². The van der Waals surface area contributed by atoms with E-state index in [1.807, 2.05) is 0 Å². The summed E-state index contributed by atoms with van der Waals surface area (Å²) < 4.78 is 0. The topological polar surface area (TPSA) is 115 Å². The van der Waals surface area contributed by atoms with Gasteiger partial charge in [0, 0.05) is 18.7 Å². The van der Waals surface area contributed by atoms with E-state index in [0.29, 0.717) is 12.0 Å². The number of primary amides is 1. The fourth-order valence-electron chi connectivity index (χ4n) is 1.23. The van der Waals surface area contributed by atoms with Crippen LogP contribution >= 0.6 is 0 Å². The van der Waals surface area contributed by atoms with E-state index in [1.54, 1.807) is 12.1 Å². The van der Waals surface area contributed by atoms with Crippen LogP contribution < -0.4 is 11.1 Å². The Morgan fingerprint density at radius 3 is 2.71 bits per heavy atom. The maximum absolute atomic E-state index is 10.8. The molecule has 1 aromatic carbocycles. The molecule has 0 bridgehead atoms. The van der Waals surface area contributed by atoms with Crippen LogP contribution in [0.2, 0.25) is 0 Å². The second kappa shape index (κ2) is 5.59. The van der Waals surface area contributed by atoms with Gasteiger partial charge in [0.05, 0.1) is 4.92 Å². The quantitative estimate of drug-likeness (QED) is 0.426. The van der Waals surface area contributed by atoms with Gasteiger partial charge >= 0.3 is 11.8 Å². The molecule has 0 saturated carbocycles. The molecule has 0 atom stereocenters. The van der Waals surface area contributed by atoms with Gasteiger partial charge in [-0.25, -0.2) is 0 Å². The highest BCUT2D eigenvalue weighted by atomic mass is 16.6. The number of non-ortho nitro benzene ring substituents is 1. The first-order chi connectivity index (χ1) is 8.00. The average Bonchev–Trinajstić information content (AvgIpc) is 2.29. The highest BCUT2D eigenvalue weighted by Gasteiger charge is 2.08. The average molecular weight is 237 g/mol. The van der Waals surface area contributed by atoms with Gasteiger partial charge in [-0.15, -0.1) is 0 Å². The zero-order valence-corrected chi connectivity index (χ0v) is 8.88. The minimum absolute atomic E-state index is 0.0104. The van der Waals surface area contributed by atoms with Gasteiger partial charge in [0.15, 0.2) is 0 Å². The standard InChI is InChI=1S/C10H11N3O4/c11-9(14)10(15)12-5-4-7-2-1-3-8(6-7)13(16)17/h1-3,6H,4-5H2,(H2,11,14)(H,12,15). The molecule has 90 valence electrons. The second-order valence-corrected chi connectivity index (χ2v) is 3.30. The van der Waals surface area contributed by atoms with Gasteiger partial charge in [-0.2, -0.15) is 0 Å². The molecule has 0 radical (unpaired) electrons. The maximum Gasteiger partial charge on any atom is 0.309 e. The van der Waals surface area contributed by atoms with E-state index in [2.05, 4.69) is 5.32 Å². The van der Waals surface area contributed by atoms with Crippen LogP contribution in [0.1, 0.15) is 5.56 Å². The Labute approximate surface area is 96.8 Å². The SMILES string of the molecule is NC(=O)C(=O)NCCc1cccc([N+](=O)[O-])c1. The first kappa shape index (κ1) is 12.6. The number of hydrogen-bond acceptors (Lipinski definition) is 4. The third kappa shape index (κ3) is 3.90. The summed E-state index contributed by atoms with van der Waals surface area (Å²) in [4.78, 5) is 31.2. The molecule has 0 aromatic heterocycles. The van der Waals surface area contributed by atoms with Crippen molar-refractivity contribution in [1.82, 2.24) is 5.32 Å². The van der Waals surface area contributed by atoms with E-state index in [9.17, 15) is 19.7 Å². The molecule has 2 amide bonds. The Bertz CT molecular complexity index is 459. The molecule has 7 nitrogen and oxygen atoms in total. The number of amides is 2. The summed E-state index contributed by atoms with van der Waals surface area (Å²) in [6.45, 7) is 0.197. The second-order valence-electron chi connectivity index (χ2n) is 3.30. The molecule has 0 aliphatic heterocycles. The smallest absolute Gasteiger partial charge is 0.309 e. The predicted molar refractivity (Wildman–Crippen MR) is 59.0 cm³/mol. The largest absolute Gasteiger partial charge is 0.361 e. The van der Waals surface area contributed by atoms with Gasteiger partial charge in [0.25, 0.3) is 5.69 Å². The summed E-state index contributed by atoms with van der Waals surface area (Å²) in [5.74, 6) is -1.92. The molecule has 17 heavy (non-hydrogen) atoms. The van der Waals surface area contributed by atoms with Crippen molar-refractivity contribution in [3.05, 3.63) is 39.9 Å². The molecule has 0 aliphatic carbocycles. The van der Waals surface area contributed by atoms with Crippen molar-refractivity contribution in [3.8, 4) is 0 Å². The van der Waals surface area contributed by atoms with E-state index >= 15 is 0 Å². The zero-order valence-electron chi connectivity index (χ0n) is 8.88. The monoisotopic (exact) mass is 237 g/mol. The van der Waals surface area contributed by atoms with E-state index in [0.717, 1.165) is 0 Å². The summed E-state index contributed by atoms with van der Waals surface area (Å²) >= 11 is 0.